The maximum absolute atomic E-state index is 15.0. The Balaban J connectivity index is 1.45. The molecule has 1 aliphatic rings. The van der Waals surface area contributed by atoms with Gasteiger partial charge in [0.25, 0.3) is 6.43 Å². The minimum absolute atomic E-state index is 0.0328. The summed E-state index contributed by atoms with van der Waals surface area (Å²) in [5.41, 5.74) is 1.86. The van der Waals surface area contributed by atoms with Crippen molar-refractivity contribution in [3.8, 4) is 17.0 Å². The average Bonchev–Trinajstić information content (AvgIpc) is 3.44. The third-order valence-corrected chi connectivity index (χ3v) is 7.17. The quantitative estimate of drug-likeness (QED) is 0.358. The summed E-state index contributed by atoms with van der Waals surface area (Å²) in [4.78, 5) is 30.3. The molecule has 3 aromatic heterocycles. The summed E-state index contributed by atoms with van der Waals surface area (Å²) < 4.78 is 48.3. The minimum Gasteiger partial charge on any atom is -0.480 e. The van der Waals surface area contributed by atoms with Crippen molar-refractivity contribution in [1.82, 2.24) is 29.4 Å². The zero-order valence-electron chi connectivity index (χ0n) is 21.7. The molecule has 0 saturated heterocycles. The zero-order valence-corrected chi connectivity index (χ0v) is 21.7. The number of carbonyl (C=O) groups excluding carboxylic acids is 1. The number of fused-ring (bicyclic) bond motifs is 2. The molecule has 0 bridgehead atoms. The van der Waals surface area contributed by atoms with Crippen LogP contribution in [0.5, 0.6) is 5.88 Å². The van der Waals surface area contributed by atoms with E-state index >= 15 is 4.39 Å². The van der Waals surface area contributed by atoms with Crippen LogP contribution in [0.25, 0.3) is 33.2 Å². The van der Waals surface area contributed by atoms with Gasteiger partial charge in [-0.3, -0.25) is 4.79 Å². The highest BCUT2D eigenvalue weighted by molar-refractivity contribution is 5.99. The smallest absolute Gasteiger partial charge is 0.256 e. The average molecular weight is 530 g/mol. The topological polar surface area (TPSA) is 101 Å². The van der Waals surface area contributed by atoms with Gasteiger partial charge in [0.2, 0.25) is 17.7 Å². The molecule has 0 spiro atoms. The van der Waals surface area contributed by atoms with Crippen molar-refractivity contribution in [2.24, 2.45) is 5.92 Å². The van der Waals surface area contributed by atoms with Gasteiger partial charge in [-0.05, 0) is 50.3 Å². The maximum Gasteiger partial charge on any atom is 0.256 e. The number of aromatic nitrogens is 5. The number of hydrogen-bond donors (Lipinski definition) is 2. The van der Waals surface area contributed by atoms with Gasteiger partial charge in [0.05, 0.1) is 24.6 Å². The van der Waals surface area contributed by atoms with Crippen LogP contribution < -0.4 is 10.1 Å². The Morgan fingerprint density at radius 3 is 2.61 bits per heavy atom. The molecule has 5 rings (SSSR count). The lowest BCUT2D eigenvalue weighted by molar-refractivity contribution is -0.133. The van der Waals surface area contributed by atoms with Gasteiger partial charge in [-0.1, -0.05) is 0 Å². The molecular formula is C26H30F3N7O2. The SMILES string of the molecule is COc1nc(NC2CCC(C(=O)N(C)C)CC2)nc2[nH]cc(-c3cc(F)c4nc(C)n(CC(F)F)c4c3)c12. The maximum atomic E-state index is 15.0. The summed E-state index contributed by atoms with van der Waals surface area (Å²) in [5, 5.41) is 3.91. The van der Waals surface area contributed by atoms with Gasteiger partial charge in [0.1, 0.15) is 17.0 Å². The van der Waals surface area contributed by atoms with Crippen LogP contribution in [0.2, 0.25) is 0 Å². The first-order valence-electron chi connectivity index (χ1n) is 12.5. The molecule has 4 aromatic rings. The summed E-state index contributed by atoms with van der Waals surface area (Å²) in [6, 6.07) is 3.08. The van der Waals surface area contributed by atoms with Gasteiger partial charge in [-0.2, -0.15) is 9.97 Å². The number of methoxy groups -OCH3 is 1. The van der Waals surface area contributed by atoms with Crippen molar-refractivity contribution in [3.05, 3.63) is 30.0 Å². The number of amides is 1. The molecule has 1 aliphatic carbocycles. The second-order valence-corrected chi connectivity index (χ2v) is 9.89. The van der Waals surface area contributed by atoms with Gasteiger partial charge >= 0.3 is 0 Å². The molecule has 2 N–H and O–H groups in total. The number of hydrogen-bond acceptors (Lipinski definition) is 6. The van der Waals surface area contributed by atoms with E-state index in [4.69, 9.17) is 4.74 Å². The highest BCUT2D eigenvalue weighted by Crippen LogP contribution is 2.37. The van der Waals surface area contributed by atoms with Crippen LogP contribution in [0.15, 0.2) is 18.3 Å². The molecule has 1 saturated carbocycles. The van der Waals surface area contributed by atoms with Gasteiger partial charge in [0.15, 0.2) is 5.82 Å². The number of nitrogens with zero attached hydrogens (tertiary/aromatic N) is 5. The van der Waals surface area contributed by atoms with Crippen LogP contribution in [0.3, 0.4) is 0 Å². The van der Waals surface area contributed by atoms with Crippen LogP contribution in [0.1, 0.15) is 31.5 Å². The summed E-state index contributed by atoms with van der Waals surface area (Å²) in [6.45, 7) is 0.997. The Bertz CT molecular complexity index is 1490. The van der Waals surface area contributed by atoms with E-state index in [0.29, 0.717) is 39.8 Å². The fourth-order valence-corrected chi connectivity index (χ4v) is 5.29. The highest BCUT2D eigenvalue weighted by atomic mass is 19.3. The third kappa shape index (κ3) is 4.74. The predicted octanol–water partition coefficient (Wildman–Crippen LogP) is 4.75. The predicted molar refractivity (Wildman–Crippen MR) is 138 cm³/mol. The van der Waals surface area contributed by atoms with Crippen molar-refractivity contribution in [1.29, 1.82) is 0 Å². The van der Waals surface area contributed by atoms with Crippen molar-refractivity contribution in [3.63, 3.8) is 0 Å². The lowest BCUT2D eigenvalue weighted by atomic mass is 9.85. The number of anilines is 1. The molecule has 0 atom stereocenters. The molecule has 3 heterocycles. The molecule has 0 aliphatic heterocycles. The summed E-state index contributed by atoms with van der Waals surface area (Å²) >= 11 is 0. The molecule has 0 unspecified atom stereocenters. The number of imidazole rings is 1. The lowest BCUT2D eigenvalue weighted by Crippen LogP contribution is -2.35. The molecule has 1 fully saturated rings. The standard InChI is InChI=1S/C26H30F3N7O2/c1-13-31-22-18(27)9-15(10-19(22)36(13)12-20(28)29)17-11-30-23-21(17)24(38-4)34-26(33-23)32-16-7-5-14(6-8-16)25(37)35(2)3/h9-11,14,16,20H,5-8,12H2,1-4H3,(H2,30,32,33,34). The zero-order chi connectivity index (χ0) is 27.1. The van der Waals surface area contributed by atoms with Crippen molar-refractivity contribution in [2.75, 3.05) is 26.5 Å². The fourth-order valence-electron chi connectivity index (χ4n) is 5.29. The molecule has 38 heavy (non-hydrogen) atoms. The number of H-pyrrole nitrogens is 1. The number of rotatable bonds is 7. The molecule has 12 heteroatoms. The van der Waals surface area contributed by atoms with Gasteiger partial charge in [-0.25, -0.2) is 18.2 Å². The Hall–Kier alpha value is -3.83. The number of ether oxygens (including phenoxy) is 1. The summed E-state index contributed by atoms with van der Waals surface area (Å²) in [5.74, 6) is 0.575. The number of carbonyl (C=O) groups is 1. The Labute approximate surface area is 217 Å². The van der Waals surface area contributed by atoms with Crippen LogP contribution in [-0.4, -0.2) is 69.0 Å². The number of nitrogens with one attached hydrogen (secondary N) is 2. The van der Waals surface area contributed by atoms with Crippen molar-refractivity contribution in [2.45, 2.75) is 51.6 Å². The summed E-state index contributed by atoms with van der Waals surface area (Å²) in [7, 11) is 5.04. The number of aryl methyl sites for hydroxylation is 1. The van der Waals surface area contributed by atoms with E-state index in [0.717, 1.165) is 25.7 Å². The summed E-state index contributed by atoms with van der Waals surface area (Å²) in [6.07, 6.45) is 2.27. The van der Waals surface area contributed by atoms with E-state index in [9.17, 15) is 13.6 Å². The van der Waals surface area contributed by atoms with Crippen LogP contribution in [0.4, 0.5) is 19.1 Å². The van der Waals surface area contributed by atoms with E-state index in [1.807, 2.05) is 0 Å². The number of aromatic amines is 1. The van der Waals surface area contributed by atoms with Crippen LogP contribution in [-0.2, 0) is 11.3 Å². The second-order valence-electron chi connectivity index (χ2n) is 9.89. The first kappa shape index (κ1) is 25.8. The number of alkyl halides is 2. The van der Waals surface area contributed by atoms with Gasteiger partial charge in [0, 0.05) is 37.8 Å². The molecule has 0 radical (unpaired) electrons. The Morgan fingerprint density at radius 1 is 1.21 bits per heavy atom. The highest BCUT2D eigenvalue weighted by Gasteiger charge is 2.28. The van der Waals surface area contributed by atoms with Gasteiger partial charge < -0.3 is 24.5 Å². The van der Waals surface area contributed by atoms with E-state index in [1.165, 1.54) is 17.7 Å². The normalized spacial score (nSPS) is 17.9. The Morgan fingerprint density at radius 2 is 1.95 bits per heavy atom. The lowest BCUT2D eigenvalue weighted by Gasteiger charge is -2.29. The van der Waals surface area contributed by atoms with E-state index in [-0.39, 0.29) is 28.9 Å². The molecular weight excluding hydrogens is 499 g/mol. The van der Waals surface area contributed by atoms with Crippen molar-refractivity contribution >= 4 is 33.9 Å². The molecule has 9 nitrogen and oxygen atoms in total. The number of benzene rings is 1. The van der Waals surface area contributed by atoms with Crippen LogP contribution in [0, 0.1) is 18.7 Å². The first-order valence-corrected chi connectivity index (χ1v) is 12.5. The van der Waals surface area contributed by atoms with E-state index in [1.54, 1.807) is 38.2 Å². The van der Waals surface area contributed by atoms with Crippen LogP contribution >= 0.6 is 0 Å². The fraction of sp³-hybridized carbons (Fsp3) is 0.462. The third-order valence-electron chi connectivity index (χ3n) is 7.17. The Kier molecular flexibility index (Phi) is 6.89. The minimum atomic E-state index is -2.60. The first-order chi connectivity index (χ1) is 18.2. The van der Waals surface area contributed by atoms with E-state index < -0.39 is 18.8 Å². The molecule has 1 amide bonds. The molecule has 202 valence electrons. The van der Waals surface area contributed by atoms with Crippen molar-refractivity contribution < 1.29 is 22.7 Å². The molecule has 1 aromatic carbocycles. The monoisotopic (exact) mass is 529 g/mol. The van der Waals surface area contributed by atoms with Gasteiger partial charge in [-0.15, -0.1) is 0 Å². The second kappa shape index (κ2) is 10.1. The van der Waals surface area contributed by atoms with E-state index in [2.05, 4.69) is 25.3 Å². The largest absolute Gasteiger partial charge is 0.480 e. The number of halogens is 3.